The summed E-state index contributed by atoms with van der Waals surface area (Å²) in [4.78, 5) is 11.9. The summed E-state index contributed by atoms with van der Waals surface area (Å²) in [6, 6.07) is 15.3. The molecule has 2 aromatic carbocycles. The zero-order valence-corrected chi connectivity index (χ0v) is 14.6. The van der Waals surface area contributed by atoms with Crippen molar-refractivity contribution >= 4 is 39.9 Å². The van der Waals surface area contributed by atoms with Gasteiger partial charge in [0.25, 0.3) is 0 Å². The largest absolute Gasteiger partial charge is 0.494 e. The summed E-state index contributed by atoms with van der Waals surface area (Å²) < 4.78 is 6.70. The van der Waals surface area contributed by atoms with E-state index in [4.69, 9.17) is 4.74 Å². The maximum Gasteiger partial charge on any atom is 0.243 e. The van der Waals surface area contributed by atoms with Crippen LogP contribution in [0.25, 0.3) is 0 Å². The molecule has 0 spiro atoms. The highest BCUT2D eigenvalue weighted by Gasteiger charge is 2.03. The summed E-state index contributed by atoms with van der Waals surface area (Å²) in [7, 11) is 0. The van der Waals surface area contributed by atoms with Gasteiger partial charge in [0, 0.05) is 21.0 Å². The molecule has 0 radical (unpaired) electrons. The number of benzene rings is 2. The van der Waals surface area contributed by atoms with E-state index in [-0.39, 0.29) is 12.5 Å². The second-order valence-electron chi connectivity index (χ2n) is 4.78. The Bertz CT molecular complexity index is 614. The van der Waals surface area contributed by atoms with Crippen LogP contribution >= 0.6 is 22.6 Å². The maximum absolute atomic E-state index is 11.9. The molecule has 116 valence electrons. The van der Waals surface area contributed by atoms with Gasteiger partial charge in [-0.2, -0.15) is 0 Å². The van der Waals surface area contributed by atoms with Crippen LogP contribution in [-0.4, -0.2) is 19.1 Å². The molecule has 1 amide bonds. The van der Waals surface area contributed by atoms with Crippen LogP contribution in [0, 0.1) is 3.57 Å². The fourth-order valence-corrected chi connectivity index (χ4v) is 2.20. The van der Waals surface area contributed by atoms with Crippen molar-refractivity contribution in [3.05, 3.63) is 52.1 Å². The Balaban J connectivity index is 1.84. The zero-order valence-electron chi connectivity index (χ0n) is 12.4. The van der Waals surface area contributed by atoms with Crippen LogP contribution < -0.4 is 15.4 Å². The molecule has 2 rings (SSSR count). The van der Waals surface area contributed by atoms with Gasteiger partial charge in [-0.05, 0) is 65.4 Å². The average Bonchev–Trinajstić information content (AvgIpc) is 2.53. The number of carbonyl (C=O) groups excluding carboxylic acids is 1. The van der Waals surface area contributed by atoms with Gasteiger partial charge < -0.3 is 15.4 Å². The van der Waals surface area contributed by atoms with E-state index in [2.05, 4.69) is 40.1 Å². The van der Waals surface area contributed by atoms with E-state index >= 15 is 0 Å². The summed E-state index contributed by atoms with van der Waals surface area (Å²) in [6.45, 7) is 2.97. The first kappa shape index (κ1) is 16.6. The Hall–Kier alpha value is -1.76. The van der Waals surface area contributed by atoms with E-state index in [0.29, 0.717) is 6.61 Å². The lowest BCUT2D eigenvalue weighted by Crippen LogP contribution is -2.21. The molecule has 22 heavy (non-hydrogen) atoms. The fourth-order valence-electron chi connectivity index (χ4n) is 1.84. The molecule has 2 N–H and O–H groups in total. The molecule has 0 saturated carbocycles. The molecule has 0 aliphatic heterocycles. The summed E-state index contributed by atoms with van der Waals surface area (Å²) in [5.74, 6) is 0.728. The number of rotatable bonds is 7. The molecular formula is C17H19IN2O2. The first-order chi connectivity index (χ1) is 10.7. The molecule has 0 fully saturated rings. The summed E-state index contributed by atoms with van der Waals surface area (Å²) in [5, 5.41) is 5.95. The van der Waals surface area contributed by atoms with Gasteiger partial charge >= 0.3 is 0 Å². The molecule has 0 unspecified atom stereocenters. The molecule has 0 atom stereocenters. The Kier molecular flexibility index (Phi) is 6.51. The monoisotopic (exact) mass is 410 g/mol. The smallest absolute Gasteiger partial charge is 0.243 e. The predicted molar refractivity (Wildman–Crippen MR) is 98.5 cm³/mol. The molecule has 2 aromatic rings. The van der Waals surface area contributed by atoms with Crippen LogP contribution in [0.1, 0.15) is 13.3 Å². The molecule has 0 aliphatic rings. The van der Waals surface area contributed by atoms with E-state index in [1.807, 2.05) is 48.5 Å². The highest BCUT2D eigenvalue weighted by Crippen LogP contribution is 2.17. The molecule has 5 heteroatoms. The third-order valence-electron chi connectivity index (χ3n) is 2.89. The zero-order chi connectivity index (χ0) is 15.8. The highest BCUT2D eigenvalue weighted by atomic mass is 127. The van der Waals surface area contributed by atoms with Crippen molar-refractivity contribution in [1.29, 1.82) is 0 Å². The summed E-state index contributed by atoms with van der Waals surface area (Å²) in [5.41, 5.74) is 1.67. The normalized spacial score (nSPS) is 10.1. The Labute approximate surface area is 144 Å². The van der Waals surface area contributed by atoms with Gasteiger partial charge in [0.2, 0.25) is 5.91 Å². The van der Waals surface area contributed by atoms with E-state index in [9.17, 15) is 4.79 Å². The van der Waals surface area contributed by atoms with Gasteiger partial charge in [0.15, 0.2) is 0 Å². The minimum absolute atomic E-state index is 0.0823. The number of anilines is 2. The van der Waals surface area contributed by atoms with E-state index in [1.165, 1.54) is 0 Å². The average molecular weight is 410 g/mol. The van der Waals surface area contributed by atoms with Gasteiger partial charge in [-0.15, -0.1) is 0 Å². The second kappa shape index (κ2) is 8.63. The van der Waals surface area contributed by atoms with Crippen LogP contribution in [0.5, 0.6) is 5.75 Å². The molecule has 0 bridgehead atoms. The molecule has 0 saturated heterocycles. The SMILES string of the molecule is CCCOc1cccc(NCC(=O)Nc2ccc(I)cc2)c1. The lowest BCUT2D eigenvalue weighted by atomic mass is 10.3. The molecular weight excluding hydrogens is 391 g/mol. The third-order valence-corrected chi connectivity index (χ3v) is 3.61. The number of nitrogens with one attached hydrogen (secondary N) is 2. The van der Waals surface area contributed by atoms with E-state index < -0.39 is 0 Å². The first-order valence-corrected chi connectivity index (χ1v) is 8.27. The van der Waals surface area contributed by atoms with Crippen LogP contribution in [-0.2, 0) is 4.79 Å². The van der Waals surface area contributed by atoms with Gasteiger partial charge in [-0.1, -0.05) is 13.0 Å². The Morgan fingerprint density at radius 1 is 1.14 bits per heavy atom. The second-order valence-corrected chi connectivity index (χ2v) is 6.03. The van der Waals surface area contributed by atoms with Crippen LogP contribution in [0.4, 0.5) is 11.4 Å². The van der Waals surface area contributed by atoms with Crippen molar-refractivity contribution in [1.82, 2.24) is 0 Å². The molecule has 0 aromatic heterocycles. The topological polar surface area (TPSA) is 50.4 Å². The number of carbonyl (C=O) groups is 1. The predicted octanol–water partition coefficient (Wildman–Crippen LogP) is 4.13. The number of halogens is 1. The molecule has 0 aliphatic carbocycles. The van der Waals surface area contributed by atoms with E-state index in [0.717, 1.165) is 27.1 Å². The standard InChI is InChI=1S/C17H19IN2O2/c1-2-10-22-16-5-3-4-15(11-16)19-12-17(21)20-14-8-6-13(18)7-9-14/h3-9,11,19H,2,10,12H2,1H3,(H,20,21). The van der Waals surface area contributed by atoms with Crippen molar-refractivity contribution in [2.45, 2.75) is 13.3 Å². The van der Waals surface area contributed by atoms with Crippen molar-refractivity contribution in [3.63, 3.8) is 0 Å². The van der Waals surface area contributed by atoms with E-state index in [1.54, 1.807) is 0 Å². The first-order valence-electron chi connectivity index (χ1n) is 7.19. The van der Waals surface area contributed by atoms with Crippen molar-refractivity contribution in [3.8, 4) is 5.75 Å². The van der Waals surface area contributed by atoms with Crippen molar-refractivity contribution in [2.24, 2.45) is 0 Å². The third kappa shape index (κ3) is 5.55. The maximum atomic E-state index is 11.9. The fraction of sp³-hybridized carbons (Fsp3) is 0.235. The van der Waals surface area contributed by atoms with Crippen LogP contribution in [0.2, 0.25) is 0 Å². The lowest BCUT2D eigenvalue weighted by molar-refractivity contribution is -0.114. The molecule has 0 heterocycles. The Morgan fingerprint density at radius 3 is 2.64 bits per heavy atom. The minimum atomic E-state index is -0.0823. The van der Waals surface area contributed by atoms with Crippen LogP contribution in [0.15, 0.2) is 48.5 Å². The lowest BCUT2D eigenvalue weighted by Gasteiger charge is -2.10. The minimum Gasteiger partial charge on any atom is -0.494 e. The van der Waals surface area contributed by atoms with Gasteiger partial charge in [-0.25, -0.2) is 0 Å². The summed E-state index contributed by atoms with van der Waals surface area (Å²) >= 11 is 2.23. The number of ether oxygens (including phenoxy) is 1. The Morgan fingerprint density at radius 2 is 1.91 bits per heavy atom. The van der Waals surface area contributed by atoms with Crippen LogP contribution in [0.3, 0.4) is 0 Å². The van der Waals surface area contributed by atoms with Crippen molar-refractivity contribution in [2.75, 3.05) is 23.8 Å². The number of amides is 1. The van der Waals surface area contributed by atoms with Gasteiger partial charge in [0.1, 0.15) is 5.75 Å². The van der Waals surface area contributed by atoms with Gasteiger partial charge in [-0.3, -0.25) is 4.79 Å². The number of hydrogen-bond acceptors (Lipinski definition) is 3. The molecule has 4 nitrogen and oxygen atoms in total. The van der Waals surface area contributed by atoms with Crippen molar-refractivity contribution < 1.29 is 9.53 Å². The highest BCUT2D eigenvalue weighted by molar-refractivity contribution is 14.1. The summed E-state index contributed by atoms with van der Waals surface area (Å²) in [6.07, 6.45) is 0.968. The quantitative estimate of drug-likeness (QED) is 0.675. The number of hydrogen-bond donors (Lipinski definition) is 2. The van der Waals surface area contributed by atoms with Gasteiger partial charge in [0.05, 0.1) is 13.2 Å².